The van der Waals surface area contributed by atoms with E-state index in [0.29, 0.717) is 6.04 Å². The number of nitrogens with two attached hydrogens (primary N) is 1. The minimum absolute atomic E-state index is 0.0835. The molecule has 0 unspecified atom stereocenters. The van der Waals surface area contributed by atoms with Gasteiger partial charge in [-0.1, -0.05) is 6.92 Å². The summed E-state index contributed by atoms with van der Waals surface area (Å²) in [6, 6.07) is 0.488. The molecule has 1 aliphatic rings. The second-order valence-corrected chi connectivity index (χ2v) is 5.37. The Balaban J connectivity index is 1.77. The van der Waals surface area contributed by atoms with E-state index in [2.05, 4.69) is 21.8 Å². The van der Waals surface area contributed by atoms with Crippen molar-refractivity contribution in [1.82, 2.24) is 14.9 Å². The number of primary amides is 1. The van der Waals surface area contributed by atoms with Gasteiger partial charge >= 0.3 is 0 Å². The Morgan fingerprint density at radius 3 is 2.84 bits per heavy atom. The van der Waals surface area contributed by atoms with Crippen LogP contribution >= 0.6 is 0 Å². The molecule has 0 aliphatic heterocycles. The van der Waals surface area contributed by atoms with Gasteiger partial charge in [0, 0.05) is 30.9 Å². The molecule has 0 saturated heterocycles. The average Bonchev–Trinajstić information content (AvgIpc) is 2.85. The van der Waals surface area contributed by atoms with E-state index < -0.39 is 0 Å². The normalized spacial score (nSPS) is 23.4. The summed E-state index contributed by atoms with van der Waals surface area (Å²) in [5.74, 6) is 1.04. The molecule has 1 aliphatic carbocycles. The summed E-state index contributed by atoms with van der Waals surface area (Å²) in [7, 11) is 0. The lowest BCUT2D eigenvalue weighted by Gasteiger charge is -2.27. The Hall–Kier alpha value is -1.36. The van der Waals surface area contributed by atoms with Gasteiger partial charge in [0.25, 0.3) is 0 Å². The number of amides is 1. The molecular weight excluding hydrogens is 240 g/mol. The van der Waals surface area contributed by atoms with Gasteiger partial charge in [-0.3, -0.25) is 4.79 Å². The van der Waals surface area contributed by atoms with Crippen molar-refractivity contribution in [2.75, 3.05) is 0 Å². The first kappa shape index (κ1) is 14.1. The molecule has 0 radical (unpaired) electrons. The topological polar surface area (TPSA) is 72.9 Å². The van der Waals surface area contributed by atoms with Gasteiger partial charge in [-0.25, -0.2) is 4.98 Å². The van der Waals surface area contributed by atoms with E-state index in [1.54, 1.807) is 0 Å². The number of aryl methyl sites for hydroxylation is 1. The molecule has 0 spiro atoms. The zero-order valence-corrected chi connectivity index (χ0v) is 11.6. The summed E-state index contributed by atoms with van der Waals surface area (Å²) in [4.78, 5) is 15.5. The number of imidazole rings is 1. The fourth-order valence-corrected chi connectivity index (χ4v) is 2.77. The summed E-state index contributed by atoms with van der Waals surface area (Å²) in [6.07, 6.45) is 8.89. The Kier molecular flexibility index (Phi) is 4.96. The summed E-state index contributed by atoms with van der Waals surface area (Å²) >= 11 is 0. The van der Waals surface area contributed by atoms with Gasteiger partial charge in [0.1, 0.15) is 5.82 Å². The van der Waals surface area contributed by atoms with Crippen LogP contribution in [0.25, 0.3) is 0 Å². The smallest absolute Gasteiger partial charge is 0.220 e. The fraction of sp³-hybridized carbons (Fsp3) is 0.714. The number of carbonyl (C=O) groups excluding carboxylic acids is 1. The lowest BCUT2D eigenvalue weighted by molar-refractivity contribution is -0.122. The van der Waals surface area contributed by atoms with Gasteiger partial charge in [0.15, 0.2) is 0 Å². The molecule has 19 heavy (non-hydrogen) atoms. The molecule has 1 amide bonds. The van der Waals surface area contributed by atoms with Crippen LogP contribution in [0.15, 0.2) is 12.4 Å². The van der Waals surface area contributed by atoms with Crippen molar-refractivity contribution in [3.05, 3.63) is 18.2 Å². The molecule has 1 aromatic rings. The number of hydrogen-bond donors (Lipinski definition) is 2. The van der Waals surface area contributed by atoms with Gasteiger partial charge in [-0.2, -0.15) is 0 Å². The predicted octanol–water partition coefficient (Wildman–Crippen LogP) is 1.43. The van der Waals surface area contributed by atoms with Crippen LogP contribution in [0.4, 0.5) is 0 Å². The minimum atomic E-state index is -0.142. The van der Waals surface area contributed by atoms with Gasteiger partial charge < -0.3 is 15.6 Å². The third-order valence-electron chi connectivity index (χ3n) is 3.94. The van der Waals surface area contributed by atoms with Crippen LogP contribution < -0.4 is 11.1 Å². The van der Waals surface area contributed by atoms with Gasteiger partial charge in [0.05, 0.1) is 6.54 Å². The maximum Gasteiger partial charge on any atom is 0.220 e. The van der Waals surface area contributed by atoms with Crippen molar-refractivity contribution in [3.63, 3.8) is 0 Å². The van der Waals surface area contributed by atoms with Crippen LogP contribution in [0.1, 0.15) is 44.9 Å². The lowest BCUT2D eigenvalue weighted by Crippen LogP contribution is -2.36. The second-order valence-electron chi connectivity index (χ2n) is 5.37. The second kappa shape index (κ2) is 6.70. The van der Waals surface area contributed by atoms with Crippen molar-refractivity contribution in [1.29, 1.82) is 0 Å². The van der Waals surface area contributed by atoms with E-state index >= 15 is 0 Å². The third kappa shape index (κ3) is 3.80. The summed E-state index contributed by atoms with van der Waals surface area (Å²) in [6.45, 7) is 3.99. The highest BCUT2D eigenvalue weighted by Gasteiger charge is 2.24. The number of aromatic nitrogens is 2. The van der Waals surface area contributed by atoms with Gasteiger partial charge in [-0.15, -0.1) is 0 Å². The Bertz CT molecular complexity index is 407. The van der Waals surface area contributed by atoms with E-state index in [0.717, 1.165) is 51.0 Å². The zero-order valence-electron chi connectivity index (χ0n) is 11.6. The number of carbonyl (C=O) groups is 1. The van der Waals surface area contributed by atoms with E-state index in [4.69, 9.17) is 5.73 Å². The molecular formula is C14H24N4O. The SMILES string of the molecule is CCCn1ccnc1CNC1CCC(C(N)=O)CC1. The molecule has 3 N–H and O–H groups in total. The Morgan fingerprint density at radius 2 is 2.21 bits per heavy atom. The zero-order chi connectivity index (χ0) is 13.7. The van der Waals surface area contributed by atoms with E-state index in [9.17, 15) is 4.79 Å². The van der Waals surface area contributed by atoms with Crippen molar-refractivity contribution in [3.8, 4) is 0 Å². The van der Waals surface area contributed by atoms with E-state index in [-0.39, 0.29) is 11.8 Å². The largest absolute Gasteiger partial charge is 0.369 e. The quantitative estimate of drug-likeness (QED) is 0.816. The molecule has 5 heteroatoms. The number of nitrogens with zero attached hydrogens (tertiary/aromatic N) is 2. The molecule has 1 saturated carbocycles. The molecule has 1 heterocycles. The van der Waals surface area contributed by atoms with Gasteiger partial charge in [0.2, 0.25) is 5.91 Å². The van der Waals surface area contributed by atoms with Crippen molar-refractivity contribution in [2.24, 2.45) is 11.7 Å². The molecule has 5 nitrogen and oxygen atoms in total. The monoisotopic (exact) mass is 264 g/mol. The maximum absolute atomic E-state index is 11.1. The van der Waals surface area contributed by atoms with E-state index in [1.807, 2.05) is 12.4 Å². The lowest BCUT2D eigenvalue weighted by atomic mass is 9.85. The molecule has 2 rings (SSSR count). The van der Waals surface area contributed by atoms with Crippen LogP contribution in [0.5, 0.6) is 0 Å². The summed E-state index contributed by atoms with van der Waals surface area (Å²) in [5.41, 5.74) is 5.34. The molecule has 106 valence electrons. The first-order chi connectivity index (χ1) is 9.20. The van der Waals surface area contributed by atoms with Crippen LogP contribution in [-0.4, -0.2) is 21.5 Å². The Labute approximate surface area is 114 Å². The van der Waals surface area contributed by atoms with Gasteiger partial charge in [-0.05, 0) is 32.1 Å². The first-order valence-corrected chi connectivity index (χ1v) is 7.23. The van der Waals surface area contributed by atoms with Crippen LogP contribution in [0.3, 0.4) is 0 Å². The molecule has 0 aromatic carbocycles. The van der Waals surface area contributed by atoms with E-state index in [1.165, 1.54) is 0 Å². The number of nitrogens with one attached hydrogen (secondary N) is 1. The molecule has 0 bridgehead atoms. The molecule has 1 aromatic heterocycles. The standard InChI is InChI=1S/C14H24N4O/c1-2-8-18-9-7-16-13(18)10-17-12-5-3-11(4-6-12)14(15)19/h7,9,11-12,17H,2-6,8,10H2,1H3,(H2,15,19). The van der Waals surface area contributed by atoms with Crippen LogP contribution in [0.2, 0.25) is 0 Å². The van der Waals surface area contributed by atoms with Crippen molar-refractivity contribution in [2.45, 2.75) is 58.2 Å². The maximum atomic E-state index is 11.1. The minimum Gasteiger partial charge on any atom is -0.369 e. The highest BCUT2D eigenvalue weighted by atomic mass is 16.1. The molecule has 0 atom stereocenters. The van der Waals surface area contributed by atoms with Crippen molar-refractivity contribution >= 4 is 5.91 Å². The number of hydrogen-bond acceptors (Lipinski definition) is 3. The average molecular weight is 264 g/mol. The molecule has 1 fully saturated rings. The fourth-order valence-electron chi connectivity index (χ4n) is 2.77. The highest BCUT2D eigenvalue weighted by Crippen LogP contribution is 2.24. The number of rotatable bonds is 6. The predicted molar refractivity (Wildman–Crippen MR) is 74.3 cm³/mol. The summed E-state index contributed by atoms with van der Waals surface area (Å²) in [5, 5.41) is 3.55. The van der Waals surface area contributed by atoms with Crippen LogP contribution in [-0.2, 0) is 17.9 Å². The summed E-state index contributed by atoms with van der Waals surface area (Å²) < 4.78 is 2.20. The van der Waals surface area contributed by atoms with Crippen molar-refractivity contribution < 1.29 is 4.79 Å². The third-order valence-corrected chi connectivity index (χ3v) is 3.94. The highest BCUT2D eigenvalue weighted by molar-refractivity contribution is 5.76. The van der Waals surface area contributed by atoms with Crippen LogP contribution in [0, 0.1) is 5.92 Å². The first-order valence-electron chi connectivity index (χ1n) is 7.23. The Morgan fingerprint density at radius 1 is 1.47 bits per heavy atom.